The quantitative estimate of drug-likeness (QED) is 0.476. The van der Waals surface area contributed by atoms with Crippen molar-refractivity contribution in [2.45, 2.75) is 41.5 Å². The zero-order valence-electron chi connectivity index (χ0n) is 9.15. The fourth-order valence-electron chi connectivity index (χ4n) is 2.02. The lowest BCUT2D eigenvalue weighted by molar-refractivity contribution is 0.654. The van der Waals surface area contributed by atoms with Gasteiger partial charge >= 0.3 is 0 Å². The van der Waals surface area contributed by atoms with Gasteiger partial charge in [0, 0.05) is 0 Å². The van der Waals surface area contributed by atoms with E-state index in [1.165, 1.54) is 0 Å². The van der Waals surface area contributed by atoms with Crippen LogP contribution < -0.4 is 0 Å². The summed E-state index contributed by atoms with van der Waals surface area (Å²) in [6.07, 6.45) is 0. The summed E-state index contributed by atoms with van der Waals surface area (Å²) in [5.74, 6) is 1.34. The van der Waals surface area contributed by atoms with Gasteiger partial charge in [-0.15, -0.1) is 0 Å². The first-order chi connectivity index (χ1) is 5.46. The zero-order valence-corrected chi connectivity index (χ0v) is 9.15. The fraction of sp³-hybridized carbons (Fsp3) is 0.667. The molecule has 0 fully saturated rings. The van der Waals surface area contributed by atoms with E-state index in [2.05, 4.69) is 41.5 Å². The normalized spacial score (nSPS) is 31.5. The molecule has 0 saturated heterocycles. The Morgan fingerprint density at radius 1 is 0.583 bits per heavy atom. The van der Waals surface area contributed by atoms with E-state index >= 15 is 0 Å². The molecule has 0 saturated carbocycles. The van der Waals surface area contributed by atoms with E-state index < -0.39 is 0 Å². The molecule has 0 heteroatoms. The second kappa shape index (κ2) is 3.08. The van der Waals surface area contributed by atoms with Gasteiger partial charge < -0.3 is 0 Å². The predicted molar refractivity (Wildman–Crippen MR) is 55.1 cm³/mol. The molecule has 68 valence electrons. The summed E-state index contributed by atoms with van der Waals surface area (Å²) in [4.78, 5) is 0. The topological polar surface area (TPSA) is 0 Å². The van der Waals surface area contributed by atoms with E-state index in [4.69, 9.17) is 0 Å². The molecule has 0 aliphatic heterocycles. The van der Waals surface area contributed by atoms with Crippen LogP contribution in [0.2, 0.25) is 0 Å². The molecule has 0 atom stereocenters. The Hall–Kier alpha value is -0.520. The van der Waals surface area contributed by atoms with E-state index in [9.17, 15) is 0 Å². The van der Waals surface area contributed by atoms with Crippen molar-refractivity contribution >= 4 is 0 Å². The van der Waals surface area contributed by atoms with Gasteiger partial charge in [-0.1, -0.05) is 36.1 Å². The average Bonchev–Trinajstić information content (AvgIpc) is 2.08. The minimum absolute atomic E-state index is 0.668. The highest BCUT2D eigenvalue weighted by molar-refractivity contribution is 5.36. The van der Waals surface area contributed by atoms with Crippen molar-refractivity contribution in [3.63, 3.8) is 0 Å². The van der Waals surface area contributed by atoms with Crippen LogP contribution in [0.25, 0.3) is 0 Å². The number of hydrogen-bond donors (Lipinski definition) is 0. The third-order valence-corrected chi connectivity index (χ3v) is 3.84. The lowest BCUT2D eigenvalue weighted by Crippen LogP contribution is -2.15. The molecule has 0 aromatic heterocycles. The summed E-state index contributed by atoms with van der Waals surface area (Å²) >= 11 is 0. The van der Waals surface area contributed by atoms with Crippen molar-refractivity contribution in [1.29, 1.82) is 0 Å². The highest BCUT2D eigenvalue weighted by Crippen LogP contribution is 2.37. The first kappa shape index (κ1) is 9.57. The fourth-order valence-corrected chi connectivity index (χ4v) is 2.02. The highest BCUT2D eigenvalue weighted by Gasteiger charge is 2.22. The summed E-state index contributed by atoms with van der Waals surface area (Å²) in [5.41, 5.74) is 6.30. The summed E-state index contributed by atoms with van der Waals surface area (Å²) in [6, 6.07) is 0. The van der Waals surface area contributed by atoms with Gasteiger partial charge in [0.05, 0.1) is 0 Å². The Kier molecular flexibility index (Phi) is 2.46. The minimum atomic E-state index is 0.668. The Bertz CT molecular complexity index is 201. The zero-order chi connectivity index (χ0) is 9.46. The first-order valence-corrected chi connectivity index (χ1v) is 4.81. The molecule has 0 aromatic rings. The lowest BCUT2D eigenvalue weighted by Gasteiger charge is -2.30. The van der Waals surface area contributed by atoms with Gasteiger partial charge in [0.25, 0.3) is 0 Å². The van der Waals surface area contributed by atoms with Crippen molar-refractivity contribution in [2.75, 3.05) is 0 Å². The third kappa shape index (κ3) is 1.24. The Balaban J connectivity index is 3.13. The second-order valence-electron chi connectivity index (χ2n) is 4.18. The van der Waals surface area contributed by atoms with Gasteiger partial charge in [0.2, 0.25) is 0 Å². The monoisotopic (exact) mass is 164 g/mol. The van der Waals surface area contributed by atoms with Crippen LogP contribution in [0.1, 0.15) is 41.5 Å². The van der Waals surface area contributed by atoms with Crippen LogP contribution in [0.15, 0.2) is 22.3 Å². The summed E-state index contributed by atoms with van der Waals surface area (Å²) in [7, 11) is 0. The van der Waals surface area contributed by atoms with Crippen LogP contribution in [-0.4, -0.2) is 0 Å². The van der Waals surface area contributed by atoms with E-state index in [0.717, 1.165) is 0 Å². The SMILES string of the molecule is CC1=C(C)C(C)C(C)=C(C)C1C. The largest absolute Gasteiger partial charge is 0.0669 e. The standard InChI is InChI=1S/C12H20/c1-7-8(2)10(4)12(6)11(5)9(7)3/h7,12H,1-6H3. The maximum Gasteiger partial charge on any atom is -0.00214 e. The van der Waals surface area contributed by atoms with Gasteiger partial charge in [-0.05, 0) is 39.5 Å². The number of allylic oxidation sites excluding steroid dienone is 4. The Morgan fingerprint density at radius 3 is 0.917 bits per heavy atom. The first-order valence-electron chi connectivity index (χ1n) is 4.81. The predicted octanol–water partition coefficient (Wildman–Crippen LogP) is 3.95. The molecule has 0 unspecified atom stereocenters. The molecule has 1 aliphatic carbocycles. The molecule has 12 heavy (non-hydrogen) atoms. The van der Waals surface area contributed by atoms with Crippen molar-refractivity contribution < 1.29 is 0 Å². The van der Waals surface area contributed by atoms with Gasteiger partial charge in [-0.2, -0.15) is 0 Å². The van der Waals surface area contributed by atoms with Crippen LogP contribution in [0.5, 0.6) is 0 Å². The highest BCUT2D eigenvalue weighted by atomic mass is 14.3. The number of hydrogen-bond acceptors (Lipinski definition) is 0. The Morgan fingerprint density at radius 2 is 0.750 bits per heavy atom. The number of rotatable bonds is 0. The van der Waals surface area contributed by atoms with Crippen LogP contribution in [-0.2, 0) is 0 Å². The molecule has 0 N–H and O–H groups in total. The van der Waals surface area contributed by atoms with Crippen molar-refractivity contribution in [1.82, 2.24) is 0 Å². The summed E-state index contributed by atoms with van der Waals surface area (Å²) in [6.45, 7) is 13.7. The maximum atomic E-state index is 2.31. The van der Waals surface area contributed by atoms with Crippen LogP contribution >= 0.6 is 0 Å². The van der Waals surface area contributed by atoms with Gasteiger partial charge in [0.1, 0.15) is 0 Å². The van der Waals surface area contributed by atoms with Gasteiger partial charge in [-0.25, -0.2) is 0 Å². The molecule has 0 amide bonds. The molecule has 0 heterocycles. The lowest BCUT2D eigenvalue weighted by atomic mass is 9.76. The second-order valence-corrected chi connectivity index (χ2v) is 4.18. The van der Waals surface area contributed by atoms with Crippen LogP contribution in [0.3, 0.4) is 0 Å². The van der Waals surface area contributed by atoms with E-state index in [0.29, 0.717) is 11.8 Å². The molecule has 1 rings (SSSR count). The molecule has 1 aliphatic rings. The van der Waals surface area contributed by atoms with Gasteiger partial charge in [0.15, 0.2) is 0 Å². The third-order valence-electron chi connectivity index (χ3n) is 3.84. The average molecular weight is 164 g/mol. The maximum absolute atomic E-state index is 2.31. The molecule has 0 aromatic carbocycles. The van der Waals surface area contributed by atoms with Crippen molar-refractivity contribution in [2.24, 2.45) is 11.8 Å². The Labute approximate surface area is 76.4 Å². The van der Waals surface area contributed by atoms with E-state index in [-0.39, 0.29) is 0 Å². The molecule has 0 radical (unpaired) electrons. The molecule has 0 spiro atoms. The minimum Gasteiger partial charge on any atom is -0.0669 e. The van der Waals surface area contributed by atoms with Crippen molar-refractivity contribution in [3.8, 4) is 0 Å². The van der Waals surface area contributed by atoms with Crippen molar-refractivity contribution in [3.05, 3.63) is 22.3 Å². The molecular formula is C12H20. The molecule has 0 bridgehead atoms. The van der Waals surface area contributed by atoms with E-state index in [1.807, 2.05) is 0 Å². The van der Waals surface area contributed by atoms with Crippen LogP contribution in [0.4, 0.5) is 0 Å². The molecular weight excluding hydrogens is 144 g/mol. The summed E-state index contributed by atoms with van der Waals surface area (Å²) < 4.78 is 0. The summed E-state index contributed by atoms with van der Waals surface area (Å²) in [5, 5.41) is 0. The van der Waals surface area contributed by atoms with E-state index in [1.54, 1.807) is 22.3 Å². The molecule has 0 nitrogen and oxygen atoms in total. The smallest absolute Gasteiger partial charge is 0.00214 e. The van der Waals surface area contributed by atoms with Gasteiger partial charge in [-0.3, -0.25) is 0 Å². The van der Waals surface area contributed by atoms with Crippen LogP contribution in [0, 0.1) is 11.8 Å².